The summed E-state index contributed by atoms with van der Waals surface area (Å²) in [4.78, 5) is 15.8. The van der Waals surface area contributed by atoms with Crippen LogP contribution in [0.3, 0.4) is 0 Å². The number of hydrogen-bond donors (Lipinski definition) is 0. The first-order valence-electron chi connectivity index (χ1n) is 29.1. The molecule has 0 amide bonds. The van der Waals surface area contributed by atoms with Gasteiger partial charge in [0.05, 0.1) is 5.41 Å². The van der Waals surface area contributed by atoms with Gasteiger partial charge in [0.25, 0.3) is 0 Å². The number of rotatable bonds is 10. The molecule has 0 atom stereocenters. The molecular formula is C82H53N3. The van der Waals surface area contributed by atoms with Gasteiger partial charge in [-0.2, -0.15) is 0 Å². The van der Waals surface area contributed by atoms with Crippen LogP contribution in [0.2, 0.25) is 0 Å². The quantitative estimate of drug-likeness (QED) is 0.137. The summed E-state index contributed by atoms with van der Waals surface area (Å²) in [7, 11) is 0. The summed E-state index contributed by atoms with van der Waals surface area (Å²) >= 11 is 0. The molecule has 2 aliphatic carbocycles. The molecule has 2 aliphatic rings. The van der Waals surface area contributed by atoms with E-state index in [1.165, 1.54) is 77.9 Å². The lowest BCUT2D eigenvalue weighted by Crippen LogP contribution is -2.25. The van der Waals surface area contributed by atoms with Crippen LogP contribution in [0.5, 0.6) is 0 Å². The number of fused-ring (bicyclic) bond motifs is 10. The molecule has 85 heavy (non-hydrogen) atoms. The summed E-state index contributed by atoms with van der Waals surface area (Å²) < 4.78 is 0. The van der Waals surface area contributed by atoms with Crippen molar-refractivity contribution in [3.05, 3.63) is 344 Å². The fourth-order valence-corrected chi connectivity index (χ4v) is 13.3. The second-order valence-electron chi connectivity index (χ2n) is 22.2. The molecule has 0 aliphatic heterocycles. The lowest BCUT2D eigenvalue weighted by molar-refractivity contribution is 0.794. The van der Waals surface area contributed by atoms with Crippen molar-refractivity contribution in [2.24, 2.45) is 0 Å². The van der Waals surface area contributed by atoms with E-state index in [-0.39, 0.29) is 0 Å². The van der Waals surface area contributed by atoms with E-state index in [1.807, 2.05) is 0 Å². The molecule has 13 aromatic carbocycles. The number of hydrogen-bond acceptors (Lipinski definition) is 3. The van der Waals surface area contributed by atoms with Crippen molar-refractivity contribution in [2.75, 3.05) is 0 Å². The van der Waals surface area contributed by atoms with Crippen LogP contribution in [0.4, 0.5) is 0 Å². The minimum absolute atomic E-state index is 0.399. The van der Waals surface area contributed by atoms with Crippen molar-refractivity contribution in [3.8, 4) is 134 Å². The van der Waals surface area contributed by atoms with E-state index < -0.39 is 5.41 Å². The van der Waals surface area contributed by atoms with E-state index in [0.29, 0.717) is 17.5 Å². The standard InChI is InChI=1S/C82H53N3/c1-3-19-54(20-4-1)58-23-13-25-60(47-58)56-41-43-57(44-42-56)79-83-80(69-33-17-31-66(51-69)61-26-14-24-59(48-61)55-21-5-2-6-22-55)85-81(84-79)70-34-18-32-67(52-70)64-29-15-27-62(49-64)63-28-16-30-65(50-63)68-45-46-74-73-37-9-12-40-77(73)82(78(74)53-68)75-38-10-7-35-71(75)72-36-8-11-39-76(72)82/h1-53H. The third kappa shape index (κ3) is 8.72. The van der Waals surface area contributed by atoms with Gasteiger partial charge in [-0.05, 0) is 165 Å². The molecule has 1 spiro atoms. The Bertz CT molecular complexity index is 4820. The zero-order valence-electron chi connectivity index (χ0n) is 46.4. The fraction of sp³-hybridized carbons (Fsp3) is 0.0122. The Morgan fingerprint density at radius 1 is 0.153 bits per heavy atom. The minimum Gasteiger partial charge on any atom is -0.208 e. The molecule has 3 nitrogen and oxygen atoms in total. The number of benzene rings is 13. The molecule has 1 heterocycles. The molecule has 0 saturated heterocycles. The van der Waals surface area contributed by atoms with Gasteiger partial charge in [0.2, 0.25) is 0 Å². The third-order valence-electron chi connectivity index (χ3n) is 17.3. The Hall–Kier alpha value is -11.1. The molecule has 3 heteroatoms. The van der Waals surface area contributed by atoms with Gasteiger partial charge in [-0.1, -0.05) is 279 Å². The van der Waals surface area contributed by atoms with Gasteiger partial charge in [0.1, 0.15) is 0 Å². The molecule has 1 aromatic heterocycles. The van der Waals surface area contributed by atoms with E-state index in [2.05, 4.69) is 322 Å². The Labute approximate surface area is 495 Å². The van der Waals surface area contributed by atoms with Gasteiger partial charge < -0.3 is 0 Å². The van der Waals surface area contributed by atoms with Crippen molar-refractivity contribution >= 4 is 0 Å². The molecule has 0 fully saturated rings. The van der Waals surface area contributed by atoms with Gasteiger partial charge >= 0.3 is 0 Å². The highest BCUT2D eigenvalue weighted by molar-refractivity contribution is 5.96. The van der Waals surface area contributed by atoms with Gasteiger partial charge in [-0.25, -0.2) is 15.0 Å². The van der Waals surface area contributed by atoms with Crippen molar-refractivity contribution in [1.29, 1.82) is 0 Å². The summed E-state index contributed by atoms with van der Waals surface area (Å²) in [5.74, 6) is 1.81. The Morgan fingerprint density at radius 3 is 0.765 bits per heavy atom. The first-order valence-corrected chi connectivity index (χ1v) is 29.1. The van der Waals surface area contributed by atoms with Crippen molar-refractivity contribution in [2.45, 2.75) is 5.41 Å². The van der Waals surface area contributed by atoms with Crippen LogP contribution in [0.15, 0.2) is 322 Å². The smallest absolute Gasteiger partial charge is 0.164 e. The SMILES string of the molecule is c1ccc(-c2cccc(-c3ccc(-c4nc(-c5cccc(-c6cccc(-c7ccccc7)c6)c5)nc(-c5cccc(-c6cccc(-c7cccc(-c8ccc9c(c8)C8(c%10ccccc%10-c%10ccccc%108)c8ccccc8-9)c7)c6)c5)n4)cc3)c2)cc1. The first kappa shape index (κ1) is 49.7. The molecular weight excluding hydrogens is 1030 g/mol. The average Bonchev–Trinajstić information content (AvgIpc) is 1.69. The van der Waals surface area contributed by atoms with Gasteiger partial charge in [0.15, 0.2) is 17.5 Å². The monoisotopic (exact) mass is 1080 g/mol. The normalized spacial score (nSPS) is 12.3. The second kappa shape index (κ2) is 20.7. The van der Waals surface area contributed by atoms with Crippen LogP contribution < -0.4 is 0 Å². The highest BCUT2D eigenvalue weighted by atomic mass is 15.0. The third-order valence-corrected chi connectivity index (χ3v) is 17.3. The molecule has 0 N–H and O–H groups in total. The van der Waals surface area contributed by atoms with Crippen LogP contribution in [0.25, 0.3) is 134 Å². The maximum Gasteiger partial charge on any atom is 0.164 e. The van der Waals surface area contributed by atoms with E-state index in [4.69, 9.17) is 15.0 Å². The molecule has 0 saturated carbocycles. The van der Waals surface area contributed by atoms with E-state index in [9.17, 15) is 0 Å². The summed E-state index contributed by atoms with van der Waals surface area (Å²) in [5, 5.41) is 0. The van der Waals surface area contributed by atoms with Crippen LogP contribution in [0, 0.1) is 0 Å². The fourth-order valence-electron chi connectivity index (χ4n) is 13.3. The lowest BCUT2D eigenvalue weighted by atomic mass is 9.70. The van der Waals surface area contributed by atoms with Crippen molar-refractivity contribution in [3.63, 3.8) is 0 Å². The highest BCUT2D eigenvalue weighted by Gasteiger charge is 2.51. The van der Waals surface area contributed by atoms with E-state index in [1.54, 1.807) is 0 Å². The summed E-state index contributed by atoms with van der Waals surface area (Å²) in [6.07, 6.45) is 0. The zero-order valence-corrected chi connectivity index (χ0v) is 46.4. The van der Waals surface area contributed by atoms with E-state index >= 15 is 0 Å². The topological polar surface area (TPSA) is 38.7 Å². The maximum atomic E-state index is 5.30. The summed E-state index contributed by atoms with van der Waals surface area (Å²) in [6.45, 7) is 0. The summed E-state index contributed by atoms with van der Waals surface area (Å²) in [5.41, 5.74) is 29.0. The molecule has 0 radical (unpaired) electrons. The average molecular weight is 1080 g/mol. The van der Waals surface area contributed by atoms with Gasteiger partial charge in [0, 0.05) is 16.7 Å². The molecule has 396 valence electrons. The number of aromatic nitrogens is 3. The first-order chi connectivity index (χ1) is 42.1. The maximum absolute atomic E-state index is 5.30. The Morgan fingerprint density at radius 2 is 0.388 bits per heavy atom. The largest absolute Gasteiger partial charge is 0.208 e. The Balaban J connectivity index is 0.751. The Kier molecular flexibility index (Phi) is 12.1. The molecule has 0 unspecified atom stereocenters. The van der Waals surface area contributed by atoms with Crippen LogP contribution >= 0.6 is 0 Å². The second-order valence-corrected chi connectivity index (χ2v) is 22.2. The van der Waals surface area contributed by atoms with Crippen LogP contribution in [-0.2, 0) is 5.41 Å². The van der Waals surface area contributed by atoms with Crippen LogP contribution in [-0.4, -0.2) is 15.0 Å². The van der Waals surface area contributed by atoms with Crippen molar-refractivity contribution in [1.82, 2.24) is 15.0 Å². The minimum atomic E-state index is -0.399. The zero-order chi connectivity index (χ0) is 56.3. The highest BCUT2D eigenvalue weighted by Crippen LogP contribution is 2.63. The van der Waals surface area contributed by atoms with Crippen molar-refractivity contribution < 1.29 is 0 Å². The number of nitrogens with zero attached hydrogens (tertiary/aromatic N) is 3. The van der Waals surface area contributed by atoms with E-state index in [0.717, 1.165) is 61.2 Å². The molecule has 16 rings (SSSR count). The predicted octanol–water partition coefficient (Wildman–Crippen LogP) is 20.9. The van der Waals surface area contributed by atoms with Gasteiger partial charge in [-0.15, -0.1) is 0 Å². The predicted molar refractivity (Wildman–Crippen MR) is 350 cm³/mol. The van der Waals surface area contributed by atoms with Crippen LogP contribution in [0.1, 0.15) is 22.3 Å². The molecule has 14 aromatic rings. The molecule has 0 bridgehead atoms. The lowest BCUT2D eigenvalue weighted by Gasteiger charge is -2.30. The van der Waals surface area contributed by atoms with Gasteiger partial charge in [-0.3, -0.25) is 0 Å². The summed E-state index contributed by atoms with van der Waals surface area (Å²) in [6, 6.07) is 116.